The summed E-state index contributed by atoms with van der Waals surface area (Å²) in [6.45, 7) is 7.47. The molecule has 5 nitrogen and oxygen atoms in total. The van der Waals surface area contributed by atoms with Gasteiger partial charge in [-0.2, -0.15) is 0 Å². The van der Waals surface area contributed by atoms with Gasteiger partial charge in [0.1, 0.15) is 0 Å². The molecular formula is C20H30O5. The Balaban J connectivity index is 2.73. The van der Waals surface area contributed by atoms with Crippen LogP contribution in [0.4, 0.5) is 0 Å². The number of carbonyl (C=O) groups excluding carboxylic acids is 1. The molecule has 0 amide bonds. The molecule has 25 heavy (non-hydrogen) atoms. The highest BCUT2D eigenvalue weighted by atomic mass is 16.5. The summed E-state index contributed by atoms with van der Waals surface area (Å²) in [4.78, 5) is 11.7. The van der Waals surface area contributed by atoms with Crippen LogP contribution >= 0.6 is 0 Å². The van der Waals surface area contributed by atoms with Crippen molar-refractivity contribution in [1.82, 2.24) is 0 Å². The molecule has 1 rings (SSSR count). The minimum absolute atomic E-state index is 0.143. The fourth-order valence-corrected chi connectivity index (χ4v) is 2.68. The van der Waals surface area contributed by atoms with Crippen molar-refractivity contribution in [2.24, 2.45) is 0 Å². The van der Waals surface area contributed by atoms with Crippen molar-refractivity contribution in [3.05, 3.63) is 29.8 Å². The summed E-state index contributed by atoms with van der Waals surface area (Å²) in [7, 11) is 0. The van der Waals surface area contributed by atoms with Crippen LogP contribution in [0.3, 0.4) is 0 Å². The third-order valence-corrected chi connectivity index (χ3v) is 4.23. The Bertz CT molecular complexity index is 556. The van der Waals surface area contributed by atoms with E-state index in [0.717, 1.165) is 25.7 Å². The molecule has 140 valence electrons. The molecule has 0 spiro atoms. The minimum atomic E-state index is -0.541. The maximum atomic E-state index is 11.7. The van der Waals surface area contributed by atoms with E-state index in [2.05, 4.69) is 13.5 Å². The lowest BCUT2D eigenvalue weighted by Crippen LogP contribution is -2.13. The largest absolute Gasteiger partial charge is 0.504 e. The smallest absolute Gasteiger partial charge is 0.333 e. The van der Waals surface area contributed by atoms with Crippen molar-refractivity contribution in [2.75, 3.05) is 6.61 Å². The molecule has 0 fully saturated rings. The number of phenolic OH excluding ortho intramolecular Hbond substituents is 3. The normalized spacial score (nSPS) is 11.9. The summed E-state index contributed by atoms with van der Waals surface area (Å²) in [6, 6.07) is 2.82. The van der Waals surface area contributed by atoms with Crippen molar-refractivity contribution in [3.63, 3.8) is 0 Å². The third-order valence-electron chi connectivity index (χ3n) is 4.23. The molecule has 1 atom stereocenters. The second-order valence-electron chi connectivity index (χ2n) is 6.54. The highest BCUT2D eigenvalue weighted by Crippen LogP contribution is 2.38. The zero-order chi connectivity index (χ0) is 18.8. The number of esters is 1. The average Bonchev–Trinajstić information content (AvgIpc) is 2.57. The van der Waals surface area contributed by atoms with Crippen LogP contribution in [0.15, 0.2) is 24.3 Å². The summed E-state index contributed by atoms with van der Waals surface area (Å²) < 4.78 is 5.26. The third kappa shape index (κ3) is 7.08. The molecule has 0 aliphatic rings. The zero-order valence-electron chi connectivity index (χ0n) is 15.3. The predicted molar refractivity (Wildman–Crippen MR) is 97.9 cm³/mol. The monoisotopic (exact) mass is 350 g/mol. The second kappa shape index (κ2) is 10.6. The molecule has 0 aromatic heterocycles. The molecule has 0 bridgehead atoms. The topological polar surface area (TPSA) is 87.0 Å². The predicted octanol–water partition coefficient (Wildman–Crippen LogP) is 4.76. The molecule has 1 aromatic carbocycles. The van der Waals surface area contributed by atoms with Crippen molar-refractivity contribution in [1.29, 1.82) is 0 Å². The van der Waals surface area contributed by atoms with Gasteiger partial charge in [0.05, 0.1) is 6.61 Å². The van der Waals surface area contributed by atoms with Crippen LogP contribution in [-0.2, 0) is 9.53 Å². The van der Waals surface area contributed by atoms with E-state index in [0.29, 0.717) is 11.1 Å². The van der Waals surface area contributed by atoms with Gasteiger partial charge in [0, 0.05) is 11.5 Å². The lowest BCUT2D eigenvalue weighted by Gasteiger charge is -2.18. The Morgan fingerprint density at radius 2 is 1.64 bits per heavy atom. The van der Waals surface area contributed by atoms with Gasteiger partial charge in [-0.05, 0) is 31.0 Å². The van der Waals surface area contributed by atoms with Gasteiger partial charge in [0.25, 0.3) is 0 Å². The summed E-state index contributed by atoms with van der Waals surface area (Å²) in [6.07, 6.45) is 7.62. The van der Waals surface area contributed by atoms with E-state index in [1.165, 1.54) is 31.4 Å². The Hall–Kier alpha value is -2.17. The highest BCUT2D eigenvalue weighted by molar-refractivity contribution is 5.86. The summed E-state index contributed by atoms with van der Waals surface area (Å²) in [5.41, 5.74) is 0.964. The quantitative estimate of drug-likeness (QED) is 0.232. The molecule has 5 heteroatoms. The number of rotatable bonds is 11. The second-order valence-corrected chi connectivity index (χ2v) is 6.54. The number of unbranched alkanes of at least 4 members (excludes halogenated alkanes) is 5. The Kier molecular flexibility index (Phi) is 8.89. The SMILES string of the molecule is C=C(C)C(=O)OCC(CCCCCCCC)c1cc(O)c(O)c(O)c1. The Labute approximate surface area is 150 Å². The van der Waals surface area contributed by atoms with Gasteiger partial charge in [-0.1, -0.05) is 52.0 Å². The van der Waals surface area contributed by atoms with Gasteiger partial charge in [0.15, 0.2) is 17.2 Å². The number of ether oxygens (including phenoxy) is 1. The van der Waals surface area contributed by atoms with Crippen LogP contribution in [0, 0.1) is 0 Å². The van der Waals surface area contributed by atoms with E-state index in [4.69, 9.17) is 4.74 Å². The molecule has 0 saturated heterocycles. The summed E-state index contributed by atoms with van der Waals surface area (Å²) in [5.74, 6) is -1.92. The van der Waals surface area contributed by atoms with E-state index in [9.17, 15) is 20.1 Å². The molecule has 0 heterocycles. The van der Waals surface area contributed by atoms with Crippen molar-refractivity contribution < 1.29 is 24.9 Å². The number of carbonyl (C=O) groups is 1. The van der Waals surface area contributed by atoms with Gasteiger partial charge in [-0.15, -0.1) is 0 Å². The van der Waals surface area contributed by atoms with Crippen molar-refractivity contribution >= 4 is 5.97 Å². The average molecular weight is 350 g/mol. The number of benzene rings is 1. The molecule has 3 N–H and O–H groups in total. The van der Waals surface area contributed by atoms with Crippen molar-refractivity contribution in [3.8, 4) is 17.2 Å². The molecule has 0 radical (unpaired) electrons. The van der Waals surface area contributed by atoms with Crippen LogP contribution in [0.1, 0.15) is 70.3 Å². The molecular weight excluding hydrogens is 320 g/mol. The molecule has 1 unspecified atom stereocenters. The maximum Gasteiger partial charge on any atom is 0.333 e. The van der Waals surface area contributed by atoms with Crippen molar-refractivity contribution in [2.45, 2.75) is 64.7 Å². The molecule has 1 aromatic rings. The van der Waals surface area contributed by atoms with Crippen LogP contribution in [-0.4, -0.2) is 27.9 Å². The fraction of sp³-hybridized carbons (Fsp3) is 0.550. The molecule has 0 aliphatic heterocycles. The van der Waals surface area contributed by atoms with Gasteiger partial charge in [-0.25, -0.2) is 4.79 Å². The van der Waals surface area contributed by atoms with E-state index >= 15 is 0 Å². The highest BCUT2D eigenvalue weighted by Gasteiger charge is 2.18. The zero-order valence-corrected chi connectivity index (χ0v) is 15.3. The van der Waals surface area contributed by atoms with Crippen LogP contribution in [0.5, 0.6) is 17.2 Å². The minimum Gasteiger partial charge on any atom is -0.504 e. The number of aromatic hydroxyl groups is 3. The first-order valence-electron chi connectivity index (χ1n) is 8.94. The standard InChI is InChI=1S/C20H30O5/c1-4-5-6-7-8-9-10-15(13-25-20(24)14(2)3)16-11-17(21)19(23)18(22)12-16/h11-12,15,21-23H,2,4-10,13H2,1,3H3. The Morgan fingerprint density at radius 3 is 2.20 bits per heavy atom. The van der Waals surface area contributed by atoms with Crippen LogP contribution < -0.4 is 0 Å². The van der Waals surface area contributed by atoms with E-state index in [1.54, 1.807) is 6.92 Å². The van der Waals surface area contributed by atoms with Crippen LogP contribution in [0.25, 0.3) is 0 Å². The number of hydrogen-bond donors (Lipinski definition) is 3. The molecule has 0 aliphatic carbocycles. The van der Waals surface area contributed by atoms with Crippen LogP contribution in [0.2, 0.25) is 0 Å². The first-order valence-corrected chi connectivity index (χ1v) is 8.94. The first-order chi connectivity index (χ1) is 11.9. The first kappa shape index (κ1) is 20.9. The summed E-state index contributed by atoms with van der Waals surface area (Å²) in [5, 5.41) is 29.0. The summed E-state index contributed by atoms with van der Waals surface area (Å²) >= 11 is 0. The van der Waals surface area contributed by atoms with E-state index < -0.39 is 11.7 Å². The van der Waals surface area contributed by atoms with E-state index in [-0.39, 0.29) is 24.0 Å². The Morgan fingerprint density at radius 1 is 1.08 bits per heavy atom. The number of phenols is 3. The van der Waals surface area contributed by atoms with Gasteiger partial charge in [0.2, 0.25) is 0 Å². The van der Waals surface area contributed by atoms with E-state index in [1.807, 2.05) is 0 Å². The fourth-order valence-electron chi connectivity index (χ4n) is 2.68. The van der Waals surface area contributed by atoms with Gasteiger partial charge < -0.3 is 20.1 Å². The lowest BCUT2D eigenvalue weighted by atomic mass is 9.93. The van der Waals surface area contributed by atoms with Gasteiger partial charge in [-0.3, -0.25) is 0 Å². The number of hydrogen-bond acceptors (Lipinski definition) is 5. The molecule has 0 saturated carbocycles. The lowest BCUT2D eigenvalue weighted by molar-refractivity contribution is -0.139. The van der Waals surface area contributed by atoms with Gasteiger partial charge >= 0.3 is 5.97 Å². The maximum absolute atomic E-state index is 11.7.